The Hall–Kier alpha value is -4.98. The number of hydrogen-bond acceptors (Lipinski definition) is 10. The van der Waals surface area contributed by atoms with Crippen LogP contribution in [0.4, 0.5) is 20.5 Å². The molecular formula is C30H30F2N6O6. The Morgan fingerprint density at radius 2 is 1.66 bits per heavy atom. The summed E-state index contributed by atoms with van der Waals surface area (Å²) in [6, 6.07) is 15.8. The van der Waals surface area contributed by atoms with Crippen molar-refractivity contribution in [3.05, 3.63) is 78.1 Å². The van der Waals surface area contributed by atoms with Crippen LogP contribution < -0.4 is 10.6 Å². The third-order valence-corrected chi connectivity index (χ3v) is 7.03. The summed E-state index contributed by atoms with van der Waals surface area (Å²) in [7, 11) is 1.57. The van der Waals surface area contributed by atoms with Crippen molar-refractivity contribution in [2.24, 2.45) is 5.92 Å². The smallest absolute Gasteiger partial charge is 0.338 e. The molecule has 4 aromatic rings. The highest BCUT2D eigenvalue weighted by Gasteiger charge is 2.62. The number of fused-ring (bicyclic) bond motifs is 1. The van der Waals surface area contributed by atoms with Crippen LogP contribution in [0.5, 0.6) is 0 Å². The van der Waals surface area contributed by atoms with Gasteiger partial charge >= 0.3 is 11.9 Å². The molecule has 230 valence electrons. The molecule has 0 radical (unpaired) electrons. The van der Waals surface area contributed by atoms with Gasteiger partial charge in [0.15, 0.2) is 29.3 Å². The van der Waals surface area contributed by atoms with Crippen molar-refractivity contribution in [1.82, 2.24) is 19.5 Å². The van der Waals surface area contributed by atoms with Gasteiger partial charge in [-0.3, -0.25) is 14.7 Å². The van der Waals surface area contributed by atoms with E-state index in [1.807, 2.05) is 0 Å². The highest BCUT2D eigenvalue weighted by molar-refractivity contribution is 5.93. The van der Waals surface area contributed by atoms with Crippen LogP contribution in [0, 0.1) is 5.92 Å². The Labute approximate surface area is 250 Å². The monoisotopic (exact) mass is 608 g/mol. The van der Waals surface area contributed by atoms with E-state index in [2.05, 4.69) is 25.6 Å². The molecule has 1 fully saturated rings. The molecule has 1 amide bonds. The van der Waals surface area contributed by atoms with Crippen molar-refractivity contribution in [3.8, 4) is 0 Å². The molecule has 3 heterocycles. The molecule has 0 saturated carbocycles. The number of nitrogens with zero attached hydrogens (tertiary/aromatic N) is 4. The summed E-state index contributed by atoms with van der Waals surface area (Å²) in [4.78, 5) is 50.9. The third-order valence-electron chi connectivity index (χ3n) is 7.03. The van der Waals surface area contributed by atoms with Crippen LogP contribution in [0.15, 0.2) is 67.0 Å². The maximum absolute atomic E-state index is 16.9. The van der Waals surface area contributed by atoms with Crippen LogP contribution in [0.25, 0.3) is 11.2 Å². The van der Waals surface area contributed by atoms with E-state index in [4.69, 9.17) is 14.2 Å². The van der Waals surface area contributed by atoms with Gasteiger partial charge < -0.3 is 19.5 Å². The van der Waals surface area contributed by atoms with Gasteiger partial charge in [-0.1, -0.05) is 50.2 Å². The summed E-state index contributed by atoms with van der Waals surface area (Å²) in [5.74, 6) is -2.32. The SMILES string of the molecule is CNc1nc(NC(=O)C(C)C)nc2c1ncn2[C@@H]1O[C@H](COC(=O)c2ccccc2)[C@@H](OC(=O)c2ccccc2)[C@]1(F)CF. The van der Waals surface area contributed by atoms with Gasteiger partial charge in [0, 0.05) is 13.0 Å². The lowest BCUT2D eigenvalue weighted by molar-refractivity contribution is -0.118. The minimum atomic E-state index is -2.98. The Morgan fingerprint density at radius 3 is 2.25 bits per heavy atom. The molecule has 12 nitrogen and oxygen atoms in total. The number of esters is 2. The highest BCUT2D eigenvalue weighted by atomic mass is 19.2. The first-order chi connectivity index (χ1) is 21.2. The molecule has 1 saturated heterocycles. The van der Waals surface area contributed by atoms with Gasteiger partial charge in [0.05, 0.1) is 17.5 Å². The second kappa shape index (κ2) is 12.7. The molecule has 2 N–H and O–H groups in total. The Morgan fingerprint density at radius 1 is 1.02 bits per heavy atom. The van der Waals surface area contributed by atoms with E-state index in [9.17, 15) is 18.8 Å². The maximum Gasteiger partial charge on any atom is 0.338 e. The molecule has 0 bridgehead atoms. The fraction of sp³-hybridized carbons (Fsp3) is 0.333. The highest BCUT2D eigenvalue weighted by Crippen LogP contribution is 2.45. The number of hydrogen-bond donors (Lipinski definition) is 2. The number of amides is 1. The van der Waals surface area contributed by atoms with Crippen molar-refractivity contribution in [1.29, 1.82) is 0 Å². The van der Waals surface area contributed by atoms with Crippen molar-refractivity contribution in [2.45, 2.75) is 38.0 Å². The number of carbonyl (C=O) groups excluding carboxylic acids is 3. The first-order valence-electron chi connectivity index (χ1n) is 13.8. The van der Waals surface area contributed by atoms with Crippen molar-refractivity contribution >= 4 is 40.8 Å². The zero-order valence-corrected chi connectivity index (χ0v) is 24.1. The second-order valence-corrected chi connectivity index (χ2v) is 10.4. The van der Waals surface area contributed by atoms with E-state index < -0.39 is 49.3 Å². The number of imidazole rings is 1. The molecule has 0 unspecified atom stereocenters. The zero-order chi connectivity index (χ0) is 31.4. The lowest BCUT2D eigenvalue weighted by atomic mass is 9.97. The van der Waals surface area contributed by atoms with Gasteiger partial charge in [-0.2, -0.15) is 9.97 Å². The summed E-state index contributed by atoms with van der Waals surface area (Å²) in [6.45, 7) is 1.16. The molecule has 0 aliphatic carbocycles. The lowest BCUT2D eigenvalue weighted by Gasteiger charge is -2.28. The summed E-state index contributed by atoms with van der Waals surface area (Å²) in [5.41, 5.74) is -2.48. The van der Waals surface area contributed by atoms with E-state index in [0.717, 1.165) is 4.57 Å². The number of ether oxygens (including phenoxy) is 3. The van der Waals surface area contributed by atoms with E-state index in [-0.39, 0.29) is 45.9 Å². The number of halogens is 2. The minimum Gasteiger partial charge on any atom is -0.459 e. The maximum atomic E-state index is 16.9. The molecule has 4 atom stereocenters. The van der Waals surface area contributed by atoms with Crippen LogP contribution in [-0.4, -0.2) is 75.6 Å². The molecule has 2 aromatic carbocycles. The molecular weight excluding hydrogens is 578 g/mol. The number of carbonyl (C=O) groups is 3. The van der Waals surface area contributed by atoms with E-state index >= 15 is 4.39 Å². The van der Waals surface area contributed by atoms with E-state index in [0.29, 0.717) is 0 Å². The quantitative estimate of drug-likeness (QED) is 0.252. The van der Waals surface area contributed by atoms with Gasteiger partial charge in [-0.05, 0) is 24.3 Å². The molecule has 0 spiro atoms. The molecule has 5 rings (SSSR count). The Bertz CT molecular complexity index is 1650. The van der Waals surface area contributed by atoms with E-state index in [1.54, 1.807) is 57.3 Å². The van der Waals surface area contributed by atoms with Crippen molar-refractivity contribution in [3.63, 3.8) is 0 Å². The Kier molecular flexibility index (Phi) is 8.81. The van der Waals surface area contributed by atoms with Gasteiger partial charge in [-0.25, -0.2) is 23.4 Å². The molecule has 1 aliphatic heterocycles. The van der Waals surface area contributed by atoms with E-state index in [1.165, 1.54) is 30.6 Å². The molecule has 1 aliphatic rings. The minimum absolute atomic E-state index is 0.000975. The predicted octanol–water partition coefficient (Wildman–Crippen LogP) is 4.12. The van der Waals surface area contributed by atoms with Gasteiger partial charge in [0.1, 0.15) is 19.4 Å². The van der Waals surface area contributed by atoms with Gasteiger partial charge in [0.25, 0.3) is 0 Å². The first kappa shape index (κ1) is 30.5. The first-order valence-corrected chi connectivity index (χ1v) is 13.8. The van der Waals surface area contributed by atoms with Gasteiger partial charge in [0.2, 0.25) is 17.5 Å². The topological polar surface area (TPSA) is 147 Å². The average Bonchev–Trinajstić information content (AvgIpc) is 3.58. The average molecular weight is 609 g/mol. The van der Waals surface area contributed by atoms with Crippen LogP contribution in [-0.2, 0) is 19.0 Å². The zero-order valence-electron chi connectivity index (χ0n) is 24.1. The van der Waals surface area contributed by atoms with Crippen LogP contribution in [0.3, 0.4) is 0 Å². The van der Waals surface area contributed by atoms with Crippen LogP contribution in [0.2, 0.25) is 0 Å². The number of aromatic nitrogens is 4. The van der Waals surface area contributed by atoms with Gasteiger partial charge in [-0.15, -0.1) is 0 Å². The molecule has 44 heavy (non-hydrogen) atoms. The normalized spacial score (nSPS) is 21.3. The van der Waals surface area contributed by atoms with Crippen molar-refractivity contribution in [2.75, 3.05) is 31.0 Å². The lowest BCUT2D eigenvalue weighted by Crippen LogP contribution is -2.48. The van der Waals surface area contributed by atoms with Crippen LogP contribution >= 0.6 is 0 Å². The second-order valence-electron chi connectivity index (χ2n) is 10.4. The predicted molar refractivity (Wildman–Crippen MR) is 154 cm³/mol. The standard InChI is InChI=1S/C30H30F2N6O6/c1-17(2)25(39)37-29-35-23(33-3)21-24(36-29)38(16-34-21)28-30(32,15-31)22(44-27(41)19-12-8-5-9-13-19)20(43-28)14-42-26(40)18-10-6-4-7-11-18/h4-13,16-17,20,22,28H,14-15H2,1-3H3,(H2,33,35,36,37,39)/t20-,22-,28-,30-/m1/s1. The number of nitrogens with one attached hydrogen (secondary N) is 2. The molecule has 2 aromatic heterocycles. The summed E-state index contributed by atoms with van der Waals surface area (Å²) in [5, 5.41) is 5.43. The molecule has 14 heteroatoms. The number of anilines is 2. The summed E-state index contributed by atoms with van der Waals surface area (Å²) in [6.07, 6.45) is -3.88. The summed E-state index contributed by atoms with van der Waals surface area (Å²) >= 11 is 0. The summed E-state index contributed by atoms with van der Waals surface area (Å²) < 4.78 is 49.8. The van der Waals surface area contributed by atoms with Crippen molar-refractivity contribution < 1.29 is 37.4 Å². The largest absolute Gasteiger partial charge is 0.459 e. The number of alkyl halides is 2. The fourth-order valence-electron chi connectivity index (χ4n) is 4.68. The fourth-order valence-corrected chi connectivity index (χ4v) is 4.68. The number of benzene rings is 2. The third kappa shape index (κ3) is 5.93. The Balaban J connectivity index is 1.52. The number of rotatable bonds is 10. The van der Waals surface area contributed by atoms with Crippen LogP contribution in [0.1, 0.15) is 40.8 Å².